The molecule has 1 saturated heterocycles. The van der Waals surface area contributed by atoms with Crippen molar-refractivity contribution in [1.29, 1.82) is 0 Å². The number of nitrogens with one attached hydrogen (secondary N) is 1. The SMILES string of the molecule is CCOc1ccc(-c2nnc(NC(=O)c3ccc(S(=O)(=O)N4CC(C)OC(C)C4)cc3)o2)cc1OCC. The molecule has 11 nitrogen and oxygen atoms in total. The lowest BCUT2D eigenvalue weighted by Crippen LogP contribution is -2.48. The van der Waals surface area contributed by atoms with Crippen LogP contribution in [0.4, 0.5) is 6.01 Å². The monoisotopic (exact) mass is 530 g/mol. The number of hydrogen-bond donors (Lipinski definition) is 1. The van der Waals surface area contributed by atoms with Crippen LogP contribution in [-0.4, -0.2) is 67.3 Å². The highest BCUT2D eigenvalue weighted by Crippen LogP contribution is 2.33. The second-order valence-corrected chi connectivity index (χ2v) is 10.4. The molecule has 1 aliphatic heterocycles. The molecule has 0 bridgehead atoms. The third-order valence-electron chi connectivity index (χ3n) is 5.58. The first kappa shape index (κ1) is 26.6. The van der Waals surface area contributed by atoms with E-state index in [0.29, 0.717) is 30.3 Å². The fourth-order valence-electron chi connectivity index (χ4n) is 4.00. The standard InChI is InChI=1S/C25H30N4O7S/c1-5-33-21-12-9-19(13-22(21)34-6-2)24-27-28-25(36-24)26-23(30)18-7-10-20(11-8-18)37(31,32)29-14-16(3)35-17(4)15-29/h7-13,16-17H,5-6,14-15H2,1-4H3,(H,26,28,30). The molecule has 2 unspecified atom stereocenters. The van der Waals surface area contributed by atoms with E-state index in [1.807, 2.05) is 27.7 Å². The highest BCUT2D eigenvalue weighted by Gasteiger charge is 2.32. The van der Waals surface area contributed by atoms with Gasteiger partial charge in [0.1, 0.15) is 0 Å². The van der Waals surface area contributed by atoms with Gasteiger partial charge in [-0.25, -0.2) is 8.42 Å². The Kier molecular flexibility index (Phi) is 8.10. The number of rotatable bonds is 9. The normalized spacial score (nSPS) is 18.4. The summed E-state index contributed by atoms with van der Waals surface area (Å²) in [6.45, 7) is 8.92. The molecule has 12 heteroatoms. The summed E-state index contributed by atoms with van der Waals surface area (Å²) in [7, 11) is -3.71. The predicted octanol–water partition coefficient (Wildman–Crippen LogP) is 3.58. The number of anilines is 1. The number of nitrogens with zero attached hydrogens (tertiary/aromatic N) is 3. The Labute approximate surface area is 215 Å². The van der Waals surface area contributed by atoms with Crippen LogP contribution in [0.25, 0.3) is 11.5 Å². The number of carbonyl (C=O) groups excluding carboxylic acids is 1. The van der Waals surface area contributed by atoms with E-state index in [1.54, 1.807) is 18.2 Å². The van der Waals surface area contributed by atoms with Crippen LogP contribution >= 0.6 is 0 Å². The van der Waals surface area contributed by atoms with Gasteiger partial charge in [-0.3, -0.25) is 10.1 Å². The topological polar surface area (TPSA) is 133 Å². The number of ether oxygens (including phenoxy) is 3. The molecular formula is C25H30N4O7S. The van der Waals surface area contributed by atoms with Gasteiger partial charge in [0.15, 0.2) is 11.5 Å². The van der Waals surface area contributed by atoms with Crippen LogP contribution in [0.15, 0.2) is 51.8 Å². The van der Waals surface area contributed by atoms with Gasteiger partial charge in [0, 0.05) is 24.2 Å². The Bertz CT molecular complexity index is 1330. The first-order valence-electron chi connectivity index (χ1n) is 12.0. The molecule has 1 aromatic heterocycles. The Balaban J connectivity index is 1.45. The summed E-state index contributed by atoms with van der Waals surface area (Å²) < 4.78 is 49.9. The summed E-state index contributed by atoms with van der Waals surface area (Å²) in [4.78, 5) is 12.8. The van der Waals surface area contributed by atoms with E-state index in [9.17, 15) is 13.2 Å². The zero-order chi connectivity index (χ0) is 26.6. The molecule has 1 aliphatic rings. The van der Waals surface area contributed by atoms with E-state index in [-0.39, 0.29) is 47.7 Å². The van der Waals surface area contributed by atoms with Crippen molar-refractivity contribution in [2.75, 3.05) is 31.6 Å². The number of morpholine rings is 1. The fraction of sp³-hybridized carbons (Fsp3) is 0.400. The summed E-state index contributed by atoms with van der Waals surface area (Å²) in [5.41, 5.74) is 0.836. The highest BCUT2D eigenvalue weighted by atomic mass is 32.2. The number of amides is 1. The minimum Gasteiger partial charge on any atom is -0.490 e. The average Bonchev–Trinajstić information content (AvgIpc) is 3.33. The van der Waals surface area contributed by atoms with Crippen molar-refractivity contribution in [3.63, 3.8) is 0 Å². The zero-order valence-corrected chi connectivity index (χ0v) is 21.9. The lowest BCUT2D eigenvalue weighted by atomic mass is 10.2. The van der Waals surface area contributed by atoms with Gasteiger partial charge >= 0.3 is 6.01 Å². The third-order valence-corrected chi connectivity index (χ3v) is 7.42. The van der Waals surface area contributed by atoms with Crippen LogP contribution in [0, 0.1) is 0 Å². The summed E-state index contributed by atoms with van der Waals surface area (Å²) >= 11 is 0. The van der Waals surface area contributed by atoms with Gasteiger partial charge in [0.05, 0.1) is 30.3 Å². The second-order valence-electron chi connectivity index (χ2n) is 8.50. The van der Waals surface area contributed by atoms with Crippen LogP contribution in [0.1, 0.15) is 38.1 Å². The van der Waals surface area contributed by atoms with Crippen LogP contribution in [-0.2, 0) is 14.8 Å². The molecule has 1 N–H and O–H groups in total. The molecular weight excluding hydrogens is 500 g/mol. The van der Waals surface area contributed by atoms with Crippen molar-refractivity contribution in [1.82, 2.24) is 14.5 Å². The van der Waals surface area contributed by atoms with E-state index in [0.717, 1.165) is 0 Å². The van der Waals surface area contributed by atoms with Crippen LogP contribution < -0.4 is 14.8 Å². The van der Waals surface area contributed by atoms with Gasteiger partial charge < -0.3 is 18.6 Å². The molecule has 37 heavy (non-hydrogen) atoms. The second kappa shape index (κ2) is 11.3. The summed E-state index contributed by atoms with van der Waals surface area (Å²) in [5.74, 6) is 0.815. The van der Waals surface area contributed by atoms with Crippen molar-refractivity contribution < 1.29 is 31.8 Å². The van der Waals surface area contributed by atoms with Gasteiger partial charge in [0.2, 0.25) is 15.9 Å². The molecule has 2 heterocycles. The molecule has 0 aliphatic carbocycles. The maximum Gasteiger partial charge on any atom is 0.322 e. The number of sulfonamides is 1. The lowest BCUT2D eigenvalue weighted by molar-refractivity contribution is -0.0440. The summed E-state index contributed by atoms with van der Waals surface area (Å²) in [6, 6.07) is 10.8. The maximum absolute atomic E-state index is 13.0. The van der Waals surface area contributed by atoms with E-state index in [1.165, 1.54) is 28.6 Å². The molecule has 3 aromatic rings. The van der Waals surface area contributed by atoms with Crippen molar-refractivity contribution in [3.05, 3.63) is 48.0 Å². The molecule has 1 amide bonds. The number of hydrogen-bond acceptors (Lipinski definition) is 9. The van der Waals surface area contributed by atoms with Gasteiger partial charge in [-0.1, -0.05) is 5.10 Å². The Morgan fingerprint density at radius 3 is 2.30 bits per heavy atom. The van der Waals surface area contributed by atoms with Crippen molar-refractivity contribution in [2.45, 2.75) is 44.8 Å². The van der Waals surface area contributed by atoms with Crippen LogP contribution in [0.5, 0.6) is 11.5 Å². The maximum atomic E-state index is 13.0. The van der Waals surface area contributed by atoms with Gasteiger partial charge in [-0.15, -0.1) is 5.10 Å². The average molecular weight is 531 g/mol. The molecule has 2 aromatic carbocycles. The molecule has 0 spiro atoms. The molecule has 4 rings (SSSR count). The zero-order valence-electron chi connectivity index (χ0n) is 21.1. The van der Waals surface area contributed by atoms with Crippen molar-refractivity contribution in [3.8, 4) is 23.0 Å². The van der Waals surface area contributed by atoms with Crippen LogP contribution in [0.2, 0.25) is 0 Å². The van der Waals surface area contributed by atoms with Gasteiger partial charge in [-0.05, 0) is 70.2 Å². The van der Waals surface area contributed by atoms with Crippen LogP contribution in [0.3, 0.4) is 0 Å². The first-order valence-corrected chi connectivity index (χ1v) is 13.5. The fourth-order valence-corrected chi connectivity index (χ4v) is 5.59. The third kappa shape index (κ3) is 6.09. The van der Waals surface area contributed by atoms with E-state index in [2.05, 4.69) is 15.5 Å². The smallest absolute Gasteiger partial charge is 0.322 e. The van der Waals surface area contributed by atoms with E-state index < -0.39 is 15.9 Å². The lowest BCUT2D eigenvalue weighted by Gasteiger charge is -2.34. The number of carbonyl (C=O) groups is 1. The van der Waals surface area contributed by atoms with Gasteiger partial charge in [0.25, 0.3) is 5.91 Å². The van der Waals surface area contributed by atoms with Crippen molar-refractivity contribution >= 4 is 21.9 Å². The molecule has 198 valence electrons. The number of benzene rings is 2. The van der Waals surface area contributed by atoms with Gasteiger partial charge in [-0.2, -0.15) is 4.31 Å². The number of aromatic nitrogens is 2. The first-order chi connectivity index (χ1) is 17.7. The largest absolute Gasteiger partial charge is 0.490 e. The molecule has 2 atom stereocenters. The Morgan fingerprint density at radius 1 is 1.00 bits per heavy atom. The van der Waals surface area contributed by atoms with E-state index >= 15 is 0 Å². The molecule has 0 saturated carbocycles. The van der Waals surface area contributed by atoms with Crippen molar-refractivity contribution in [2.24, 2.45) is 0 Å². The van der Waals surface area contributed by atoms with E-state index in [4.69, 9.17) is 18.6 Å². The quantitative estimate of drug-likeness (QED) is 0.441. The Hall–Kier alpha value is -3.48. The summed E-state index contributed by atoms with van der Waals surface area (Å²) in [6.07, 6.45) is -0.396. The summed E-state index contributed by atoms with van der Waals surface area (Å²) in [5, 5.41) is 10.4. The Morgan fingerprint density at radius 2 is 1.65 bits per heavy atom. The molecule has 1 fully saturated rings. The minimum absolute atomic E-state index is 0.0974. The minimum atomic E-state index is -3.71. The highest BCUT2D eigenvalue weighted by molar-refractivity contribution is 7.89. The predicted molar refractivity (Wildman–Crippen MR) is 135 cm³/mol. The molecule has 0 radical (unpaired) electrons.